The Kier molecular flexibility index (Phi) is 7.49. The van der Waals surface area contributed by atoms with E-state index in [1.807, 2.05) is 32.0 Å². The number of aryl methyl sites for hydroxylation is 1. The zero-order valence-corrected chi connectivity index (χ0v) is 15.1. The molecule has 0 atom stereocenters. The van der Waals surface area contributed by atoms with Gasteiger partial charge in [-0.1, -0.05) is 18.2 Å². The Labute approximate surface area is 153 Å². The lowest BCUT2D eigenvalue weighted by Crippen LogP contribution is -2.36. The van der Waals surface area contributed by atoms with Crippen LogP contribution < -0.4 is 20.1 Å². The van der Waals surface area contributed by atoms with Gasteiger partial charge in [0.05, 0.1) is 6.61 Å². The highest BCUT2D eigenvalue weighted by molar-refractivity contribution is 5.95. The van der Waals surface area contributed by atoms with Gasteiger partial charge in [-0.15, -0.1) is 0 Å². The van der Waals surface area contributed by atoms with Crippen molar-refractivity contribution in [2.75, 3.05) is 26.3 Å². The van der Waals surface area contributed by atoms with Crippen LogP contribution in [0.15, 0.2) is 48.5 Å². The molecule has 26 heavy (non-hydrogen) atoms. The fourth-order valence-electron chi connectivity index (χ4n) is 2.30. The SMILES string of the molecule is CCOc1ccc(OCC(=O)NCCNC(=O)c2ccccc2C)cc1. The molecule has 0 aliphatic heterocycles. The fraction of sp³-hybridized carbons (Fsp3) is 0.300. The molecule has 0 fully saturated rings. The second kappa shape index (κ2) is 10.1. The second-order valence-electron chi connectivity index (χ2n) is 5.61. The average Bonchev–Trinajstić information content (AvgIpc) is 2.65. The molecule has 0 aromatic heterocycles. The third kappa shape index (κ3) is 6.12. The number of amides is 2. The highest BCUT2D eigenvalue weighted by Crippen LogP contribution is 2.17. The summed E-state index contributed by atoms with van der Waals surface area (Å²) >= 11 is 0. The maximum Gasteiger partial charge on any atom is 0.258 e. The van der Waals surface area contributed by atoms with Crippen molar-refractivity contribution in [1.82, 2.24) is 10.6 Å². The van der Waals surface area contributed by atoms with Gasteiger partial charge in [-0.3, -0.25) is 9.59 Å². The molecule has 0 aliphatic rings. The number of ether oxygens (including phenoxy) is 2. The van der Waals surface area contributed by atoms with Crippen molar-refractivity contribution < 1.29 is 19.1 Å². The van der Waals surface area contributed by atoms with Crippen LogP contribution in [0.2, 0.25) is 0 Å². The van der Waals surface area contributed by atoms with Crippen molar-refractivity contribution in [3.8, 4) is 11.5 Å². The molecule has 2 amide bonds. The van der Waals surface area contributed by atoms with E-state index in [9.17, 15) is 9.59 Å². The molecule has 0 heterocycles. The Balaban J connectivity index is 1.64. The Morgan fingerprint density at radius 2 is 1.50 bits per heavy atom. The van der Waals surface area contributed by atoms with Gasteiger partial charge < -0.3 is 20.1 Å². The highest BCUT2D eigenvalue weighted by Gasteiger charge is 2.07. The predicted octanol–water partition coefficient (Wildman–Crippen LogP) is 2.32. The molecule has 0 aliphatic carbocycles. The predicted molar refractivity (Wildman–Crippen MR) is 99.6 cm³/mol. The molecule has 0 saturated carbocycles. The quantitative estimate of drug-likeness (QED) is 0.676. The summed E-state index contributed by atoms with van der Waals surface area (Å²) in [6.07, 6.45) is 0. The van der Waals surface area contributed by atoms with Gasteiger partial charge in [0, 0.05) is 18.7 Å². The first-order valence-electron chi connectivity index (χ1n) is 8.56. The zero-order valence-electron chi connectivity index (χ0n) is 15.1. The van der Waals surface area contributed by atoms with Crippen LogP contribution >= 0.6 is 0 Å². The first-order valence-corrected chi connectivity index (χ1v) is 8.56. The smallest absolute Gasteiger partial charge is 0.258 e. The summed E-state index contributed by atoms with van der Waals surface area (Å²) < 4.78 is 10.8. The summed E-state index contributed by atoms with van der Waals surface area (Å²) in [5.41, 5.74) is 1.55. The molecule has 2 aromatic carbocycles. The normalized spacial score (nSPS) is 10.1. The molecule has 2 rings (SSSR count). The maximum atomic E-state index is 12.0. The van der Waals surface area contributed by atoms with Crippen LogP contribution in [0.4, 0.5) is 0 Å². The minimum Gasteiger partial charge on any atom is -0.494 e. The largest absolute Gasteiger partial charge is 0.494 e. The summed E-state index contributed by atoms with van der Waals surface area (Å²) in [5.74, 6) is 0.956. The van der Waals surface area contributed by atoms with E-state index < -0.39 is 0 Å². The molecule has 0 spiro atoms. The number of hydrogen-bond acceptors (Lipinski definition) is 4. The number of carbonyl (C=O) groups excluding carboxylic acids is 2. The minimum absolute atomic E-state index is 0.0836. The summed E-state index contributed by atoms with van der Waals surface area (Å²) in [6, 6.07) is 14.4. The van der Waals surface area contributed by atoms with Gasteiger partial charge in [-0.25, -0.2) is 0 Å². The van der Waals surface area contributed by atoms with Crippen molar-refractivity contribution in [3.63, 3.8) is 0 Å². The summed E-state index contributed by atoms with van der Waals surface area (Å²) in [5, 5.41) is 5.48. The van der Waals surface area contributed by atoms with Gasteiger partial charge in [0.15, 0.2) is 6.61 Å². The molecule has 138 valence electrons. The minimum atomic E-state index is -0.246. The lowest BCUT2D eigenvalue weighted by atomic mass is 10.1. The topological polar surface area (TPSA) is 76.7 Å². The van der Waals surface area contributed by atoms with Gasteiger partial charge >= 0.3 is 0 Å². The third-order valence-electron chi connectivity index (χ3n) is 3.63. The molecule has 0 saturated heterocycles. The van der Waals surface area contributed by atoms with Crippen LogP contribution in [0, 0.1) is 6.92 Å². The van der Waals surface area contributed by atoms with E-state index >= 15 is 0 Å². The van der Waals surface area contributed by atoms with Crippen LogP contribution in [0.1, 0.15) is 22.8 Å². The molecule has 2 aromatic rings. The van der Waals surface area contributed by atoms with Crippen molar-refractivity contribution >= 4 is 11.8 Å². The van der Waals surface area contributed by atoms with E-state index in [0.29, 0.717) is 31.0 Å². The van der Waals surface area contributed by atoms with E-state index in [2.05, 4.69) is 10.6 Å². The van der Waals surface area contributed by atoms with Gasteiger partial charge in [-0.05, 0) is 49.7 Å². The maximum absolute atomic E-state index is 12.0. The number of nitrogens with one attached hydrogen (secondary N) is 2. The van der Waals surface area contributed by atoms with E-state index in [4.69, 9.17) is 9.47 Å². The molecule has 0 unspecified atom stereocenters. The lowest BCUT2D eigenvalue weighted by Gasteiger charge is -2.10. The van der Waals surface area contributed by atoms with Crippen LogP contribution in [0.3, 0.4) is 0 Å². The van der Waals surface area contributed by atoms with E-state index in [-0.39, 0.29) is 18.4 Å². The van der Waals surface area contributed by atoms with Crippen LogP contribution in [-0.2, 0) is 4.79 Å². The zero-order chi connectivity index (χ0) is 18.8. The lowest BCUT2D eigenvalue weighted by molar-refractivity contribution is -0.123. The van der Waals surface area contributed by atoms with E-state index in [0.717, 1.165) is 11.3 Å². The molecule has 0 radical (unpaired) electrons. The van der Waals surface area contributed by atoms with Crippen LogP contribution in [0.5, 0.6) is 11.5 Å². The van der Waals surface area contributed by atoms with Gasteiger partial charge in [0.2, 0.25) is 0 Å². The Morgan fingerprint density at radius 3 is 2.15 bits per heavy atom. The molecular weight excluding hydrogens is 332 g/mol. The number of rotatable bonds is 9. The first-order chi connectivity index (χ1) is 12.6. The Hall–Kier alpha value is -3.02. The van der Waals surface area contributed by atoms with Gasteiger partial charge in [0.25, 0.3) is 11.8 Å². The summed E-state index contributed by atoms with van der Waals surface area (Å²) in [7, 11) is 0. The van der Waals surface area contributed by atoms with E-state index in [1.165, 1.54) is 0 Å². The van der Waals surface area contributed by atoms with Crippen molar-refractivity contribution in [3.05, 3.63) is 59.7 Å². The van der Waals surface area contributed by atoms with E-state index in [1.54, 1.807) is 30.3 Å². The molecule has 6 nitrogen and oxygen atoms in total. The number of benzene rings is 2. The number of carbonyl (C=O) groups is 2. The average molecular weight is 356 g/mol. The van der Waals surface area contributed by atoms with Gasteiger partial charge in [-0.2, -0.15) is 0 Å². The number of hydrogen-bond donors (Lipinski definition) is 2. The third-order valence-corrected chi connectivity index (χ3v) is 3.63. The van der Waals surface area contributed by atoms with Crippen molar-refractivity contribution in [2.24, 2.45) is 0 Å². The summed E-state index contributed by atoms with van der Waals surface area (Å²) in [6.45, 7) is 5.00. The monoisotopic (exact) mass is 356 g/mol. The van der Waals surface area contributed by atoms with Crippen LogP contribution in [-0.4, -0.2) is 38.1 Å². The first kappa shape index (κ1) is 19.3. The Bertz CT molecular complexity index is 729. The standard InChI is InChI=1S/C20H24N2O4/c1-3-25-16-8-10-17(11-9-16)26-14-19(23)21-12-13-22-20(24)18-7-5-4-6-15(18)2/h4-11H,3,12-14H2,1-2H3,(H,21,23)(H,22,24). The van der Waals surface area contributed by atoms with Crippen molar-refractivity contribution in [2.45, 2.75) is 13.8 Å². The second-order valence-corrected chi connectivity index (χ2v) is 5.61. The molecular formula is C20H24N2O4. The fourth-order valence-corrected chi connectivity index (χ4v) is 2.30. The van der Waals surface area contributed by atoms with Crippen LogP contribution in [0.25, 0.3) is 0 Å². The summed E-state index contributed by atoms with van der Waals surface area (Å²) in [4.78, 5) is 23.8. The highest BCUT2D eigenvalue weighted by atomic mass is 16.5. The molecule has 2 N–H and O–H groups in total. The molecule has 6 heteroatoms. The van der Waals surface area contributed by atoms with Gasteiger partial charge in [0.1, 0.15) is 11.5 Å². The van der Waals surface area contributed by atoms with Crippen molar-refractivity contribution in [1.29, 1.82) is 0 Å². The Morgan fingerprint density at radius 1 is 0.885 bits per heavy atom. The molecule has 0 bridgehead atoms.